The average molecular weight is 1660 g/mol. The minimum atomic E-state index is -1.11. The number of nitrogens with two attached hydrogens (primary N) is 1. The van der Waals surface area contributed by atoms with E-state index in [1.807, 2.05) is 78.9 Å². The van der Waals surface area contributed by atoms with Crippen molar-refractivity contribution in [3.05, 3.63) is 179 Å². The number of rotatable bonds is 28. The predicted octanol–water partition coefficient (Wildman–Crippen LogP) is 8.67. The number of para-hydroxylation sites is 2. The van der Waals surface area contributed by atoms with Gasteiger partial charge in [0, 0.05) is 142 Å². The molecule has 8 heterocycles. The lowest BCUT2D eigenvalue weighted by Crippen LogP contribution is -2.54. The molecule has 4 atom stereocenters. The van der Waals surface area contributed by atoms with Gasteiger partial charge in [-0.2, -0.15) is 0 Å². The van der Waals surface area contributed by atoms with Crippen LogP contribution < -0.4 is 68.7 Å². The van der Waals surface area contributed by atoms with Crippen molar-refractivity contribution >= 4 is 150 Å². The molecule has 13 N–H and O–H groups in total. The zero-order valence-corrected chi connectivity index (χ0v) is 67.7. The van der Waals surface area contributed by atoms with Crippen LogP contribution in [0.3, 0.4) is 0 Å². The van der Waals surface area contributed by atoms with E-state index in [9.17, 15) is 71.5 Å². The van der Waals surface area contributed by atoms with Crippen LogP contribution in [0.2, 0.25) is 0 Å². The zero-order valence-electron chi connectivity index (χ0n) is 68.7. The van der Waals surface area contributed by atoms with Crippen LogP contribution in [-0.2, 0) is 38.4 Å². The number of hydrogen-bond acceptors (Lipinski definition) is 23. The van der Waals surface area contributed by atoms with Crippen LogP contribution in [-0.4, -0.2) is 199 Å². The van der Waals surface area contributed by atoms with Crippen molar-refractivity contribution in [1.29, 1.82) is 0 Å². The van der Waals surface area contributed by atoms with Gasteiger partial charge < -0.3 is 63.2 Å². The number of alkyl halides is 1. The Morgan fingerprint density at radius 2 is 0.942 bits per heavy atom. The van der Waals surface area contributed by atoms with Crippen LogP contribution in [0.15, 0.2) is 146 Å². The maximum atomic E-state index is 13.4. The largest absolute Gasteiger partial charge is 0.480 e. The summed E-state index contributed by atoms with van der Waals surface area (Å²) in [7, 11) is 2.21. The maximum absolute atomic E-state index is 13.4. The van der Waals surface area contributed by atoms with Gasteiger partial charge in [0.1, 0.15) is 18.1 Å². The van der Waals surface area contributed by atoms with E-state index in [0.29, 0.717) is 80.9 Å². The summed E-state index contributed by atoms with van der Waals surface area (Å²) in [6.07, 6.45) is 10.6. The molecule has 0 aliphatic carbocycles. The molecule has 8 aromatic rings. The number of aromatic nitrogens is 2. The monoisotopic (exact) mass is 1650 g/mol. The molecule has 2 aromatic heterocycles. The lowest BCUT2D eigenvalue weighted by Gasteiger charge is -2.33. The number of piperidine rings is 4. The predicted molar refractivity (Wildman–Crippen MR) is 454 cm³/mol. The van der Waals surface area contributed by atoms with Gasteiger partial charge >= 0.3 is 5.97 Å². The number of imide groups is 4. The summed E-state index contributed by atoms with van der Waals surface area (Å²) in [4.78, 5) is 190. The number of halogens is 1. The van der Waals surface area contributed by atoms with Gasteiger partial charge in [0.25, 0.3) is 35.4 Å². The highest BCUT2D eigenvalue weighted by atomic mass is 19.1. The maximum Gasteiger partial charge on any atom is 0.325 e. The number of anilines is 8. The van der Waals surface area contributed by atoms with Crippen molar-refractivity contribution < 1.29 is 78.0 Å². The standard InChI is InChI=1S/C44H48N8O7.C27H34N6O2.C16H15N3O6.CH3F/c1-26(48-34-13-9-12-30-38(34)44(59)52(43(30)58)35-17-18-37(54)50-42(35)57)36(53)14-7-4-8-21-46-40(55)27-19-22-51(23-20-27)29-15-16-33-31(24-29)39(32(25-47-33)41(56)45-2)49-28-10-5-3-6-11-28;1-29-27(35)23-18-31-24-10-9-21(17-22(24)25(23)32-20-7-3-2-4-8-20)33-15-11-19(12-16-33)26(34)30-14-6-5-13-28;1-7(16(24)25)17-9-4-2-3-8-12(9)15(23)19(14(8)22)10-5-6-11(20)18-13(10)21;1-2/h3,5-6,9-13,15-16,24-27,35,48H,4,7-8,14,17-23H2,1-2H3,(H,45,56)(H,46,55)(H,47,49)(H,50,54,57);2-4,7-10,17-19H,5-6,11-16,28H2,1H3,(H,29,35)(H,30,34)(H,31,32);2-4,7,10,17H,5-6H2,1H3,(H,24,25)(H,18,20,21);1H3/i;;;1D. The number of carbonyl (C=O) groups excluding carboxylic acids is 13. The van der Waals surface area contributed by atoms with E-state index in [0.717, 1.165) is 112 Å². The number of carboxylic acid groups (broad SMARTS) is 1. The van der Waals surface area contributed by atoms with E-state index in [1.165, 1.54) is 31.2 Å². The first kappa shape index (κ1) is 86.7. The fourth-order valence-electron chi connectivity index (χ4n) is 15.4. The molecule has 0 radical (unpaired) electrons. The molecule has 32 nitrogen and oxygen atoms in total. The summed E-state index contributed by atoms with van der Waals surface area (Å²) < 4.78 is 15.5. The van der Waals surface area contributed by atoms with Crippen LogP contribution in [0.1, 0.15) is 167 Å². The third kappa shape index (κ3) is 20.9. The van der Waals surface area contributed by atoms with E-state index in [4.69, 9.17) is 12.2 Å². The van der Waals surface area contributed by atoms with Crippen molar-refractivity contribution in [3.8, 4) is 0 Å². The van der Waals surface area contributed by atoms with Gasteiger partial charge in [-0.25, -0.2) is 0 Å². The minimum Gasteiger partial charge on any atom is -0.480 e. The lowest BCUT2D eigenvalue weighted by molar-refractivity contribution is -0.138. The highest BCUT2D eigenvalue weighted by molar-refractivity contribution is 6.27. The van der Waals surface area contributed by atoms with Crippen LogP contribution in [0.5, 0.6) is 0 Å². The first-order valence-electron chi connectivity index (χ1n) is 41.1. The average Bonchev–Trinajstić information content (AvgIpc) is 1.58. The number of carboxylic acids is 1. The number of nitrogens with one attached hydrogen (secondary N) is 10. The van der Waals surface area contributed by atoms with Crippen molar-refractivity contribution in [2.75, 3.05) is 98.1 Å². The number of ketones is 1. The quantitative estimate of drug-likeness (QED) is 0.0161. The molecule has 14 rings (SSSR count). The van der Waals surface area contributed by atoms with Crippen molar-refractivity contribution in [3.63, 3.8) is 0 Å². The Kier molecular flexibility index (Phi) is 29.5. The summed E-state index contributed by atoms with van der Waals surface area (Å²) in [6, 6.07) is 37.1. The second kappa shape index (κ2) is 41.2. The number of unbranched alkanes of at least 4 members (excludes halogenated alkanes) is 3. The zero-order chi connectivity index (χ0) is 87.3. The molecule has 4 unspecified atom stereocenters. The number of nitrogens with zero attached hydrogens (tertiary/aromatic N) is 6. The molecule has 0 bridgehead atoms. The number of carbonyl (C=O) groups is 14. The minimum absolute atomic E-state index is 0.0269. The summed E-state index contributed by atoms with van der Waals surface area (Å²) in [5.74, 6) is -6.32. The smallest absolute Gasteiger partial charge is 0.325 e. The third-order valence-electron chi connectivity index (χ3n) is 22.1. The Morgan fingerprint density at radius 1 is 0.529 bits per heavy atom. The van der Waals surface area contributed by atoms with Gasteiger partial charge in [-0.3, -0.25) is 102 Å². The Labute approximate surface area is 699 Å². The van der Waals surface area contributed by atoms with Crippen LogP contribution in [0, 0.1) is 11.8 Å². The second-order valence-corrected chi connectivity index (χ2v) is 29.9. The van der Waals surface area contributed by atoms with Crippen molar-refractivity contribution in [2.24, 2.45) is 17.6 Å². The molecule has 634 valence electrons. The summed E-state index contributed by atoms with van der Waals surface area (Å²) in [6.45, 7) is 7.98. The fraction of sp³-hybridized carbons (Fsp3) is 0.364. The Hall–Kier alpha value is -13.6. The molecule has 33 heteroatoms. The number of fused-ring (bicyclic) bond motifs is 4. The molecule has 6 aliphatic heterocycles. The lowest BCUT2D eigenvalue weighted by atomic mass is 9.95. The number of hydrogen-bond donors (Lipinski definition) is 12. The second-order valence-electron chi connectivity index (χ2n) is 29.9. The molecule has 0 saturated carbocycles. The molecule has 12 amide bonds. The van der Waals surface area contributed by atoms with E-state index < -0.39 is 84.5 Å². The van der Waals surface area contributed by atoms with Gasteiger partial charge in [-0.1, -0.05) is 55.0 Å². The fourth-order valence-corrected chi connectivity index (χ4v) is 15.4. The summed E-state index contributed by atoms with van der Waals surface area (Å²) >= 11 is 0. The van der Waals surface area contributed by atoms with Gasteiger partial charge in [0.05, 0.1) is 70.4 Å². The number of benzene rings is 6. The van der Waals surface area contributed by atoms with Gasteiger partial charge in [-0.05, 0) is 170 Å². The van der Waals surface area contributed by atoms with Crippen LogP contribution >= 0.6 is 0 Å². The van der Waals surface area contributed by atoms with Gasteiger partial charge in [0.15, 0.2) is 5.78 Å². The first-order valence-corrected chi connectivity index (χ1v) is 40.4. The molecule has 0 spiro atoms. The molecule has 6 aliphatic rings. The molecule has 6 aromatic carbocycles. The van der Waals surface area contributed by atoms with E-state index in [1.54, 1.807) is 45.5 Å². The highest BCUT2D eigenvalue weighted by Gasteiger charge is 2.48. The number of Topliss-reactive ketones (excluding diaryl/α,β-unsaturated/α-hetero) is 1. The number of pyridine rings is 2. The molecular formula is C88H100FN17O15. The first-order chi connectivity index (χ1) is 58.9. The van der Waals surface area contributed by atoms with Crippen LogP contribution in [0.25, 0.3) is 21.8 Å². The summed E-state index contributed by atoms with van der Waals surface area (Å²) in [5, 5.41) is 39.2. The molecule has 4 saturated heterocycles. The summed E-state index contributed by atoms with van der Waals surface area (Å²) in [5.41, 5.74) is 14.2. The van der Waals surface area contributed by atoms with E-state index >= 15 is 0 Å². The van der Waals surface area contributed by atoms with Crippen molar-refractivity contribution in [1.82, 2.24) is 51.7 Å². The third-order valence-corrected chi connectivity index (χ3v) is 22.1. The van der Waals surface area contributed by atoms with E-state index in [-0.39, 0.29) is 94.9 Å². The topological polar surface area (TPSA) is 444 Å². The van der Waals surface area contributed by atoms with E-state index in [2.05, 4.69) is 91.1 Å². The Balaban J connectivity index is 0.000000194. The van der Waals surface area contributed by atoms with Crippen molar-refractivity contribution in [2.45, 2.75) is 128 Å². The number of amides is 12. The normalized spacial score (nSPS) is 17.0. The number of aliphatic carboxylic acids is 1. The Bertz CT molecular complexity index is 5280. The van der Waals surface area contributed by atoms with Gasteiger partial charge in [-0.15, -0.1) is 0 Å². The SMILES string of the molecule is CC(Nc1cccc2c1C(=O)N(C1CCC(=O)NC1=O)C2=O)C(=O)O.CNC(=O)c1cnc2ccc(N3CCC(C(=O)NCCCCCC(=O)C(C)Nc4cccc5c4C(=O)N(C4CCC(=O)NC4=O)C5=O)CC3)cc2c1Nc1ccccc1.CNC(=O)c1cnc2ccc(N3CCC(C(=O)NCCCCN)CC3)cc2c1Nc1ccccc1.[2H]CF. The highest BCUT2D eigenvalue weighted by Crippen LogP contribution is 2.39. The molecule has 121 heavy (non-hydrogen) atoms. The Morgan fingerprint density at radius 3 is 1.34 bits per heavy atom. The molecule has 4 fully saturated rings. The van der Waals surface area contributed by atoms with Gasteiger partial charge in [0.2, 0.25) is 35.4 Å². The van der Waals surface area contributed by atoms with Crippen LogP contribution in [0.4, 0.5) is 49.9 Å². The molecular weight excluding hydrogens is 1550 g/mol.